The summed E-state index contributed by atoms with van der Waals surface area (Å²) >= 11 is 0. The average molecular weight is 568 g/mol. The van der Waals surface area contributed by atoms with Crippen molar-refractivity contribution in [2.75, 3.05) is 6.61 Å². The Bertz CT molecular complexity index is 1380. The Labute approximate surface area is 248 Å². The largest absolute Gasteiger partial charge is 0.493 e. The molecule has 0 bridgehead atoms. The van der Waals surface area contributed by atoms with Gasteiger partial charge in [-0.2, -0.15) is 0 Å². The summed E-state index contributed by atoms with van der Waals surface area (Å²) in [6.45, 7) is 3.69. The number of ether oxygens (including phenoxy) is 1. The Balaban J connectivity index is 1.12. The number of ketones is 1. The molecular formula is C35H41N3O4. The number of nitrogens with zero attached hydrogens (tertiary/aromatic N) is 1. The van der Waals surface area contributed by atoms with Gasteiger partial charge in [0.1, 0.15) is 11.4 Å². The molecular weight excluding hydrogens is 526 g/mol. The first-order valence-electron chi connectivity index (χ1n) is 15.3. The summed E-state index contributed by atoms with van der Waals surface area (Å²) in [5.41, 5.74) is 4.39. The molecule has 2 aromatic rings. The van der Waals surface area contributed by atoms with Gasteiger partial charge in [0.25, 0.3) is 11.8 Å². The minimum absolute atomic E-state index is 0.186. The summed E-state index contributed by atoms with van der Waals surface area (Å²) < 4.78 is 5.55. The number of hydrogen-bond acceptors (Lipinski definition) is 5. The molecule has 2 amide bonds. The van der Waals surface area contributed by atoms with Crippen LogP contribution in [0, 0.1) is 11.8 Å². The maximum atomic E-state index is 13.0. The van der Waals surface area contributed by atoms with E-state index in [4.69, 9.17) is 4.74 Å². The lowest BCUT2D eigenvalue weighted by molar-refractivity contribution is -0.117. The number of amides is 2. The highest BCUT2D eigenvalue weighted by Crippen LogP contribution is 2.31. The summed E-state index contributed by atoms with van der Waals surface area (Å²) in [5.74, 6) is 1.99. The van der Waals surface area contributed by atoms with Crippen LogP contribution in [-0.4, -0.2) is 30.4 Å². The van der Waals surface area contributed by atoms with Crippen LogP contribution in [0.1, 0.15) is 85.3 Å². The number of carbonyl (C=O) groups excluding carboxylic acids is 3. The van der Waals surface area contributed by atoms with E-state index in [1.165, 1.54) is 25.7 Å². The molecule has 0 unspecified atom stereocenters. The summed E-state index contributed by atoms with van der Waals surface area (Å²) in [4.78, 5) is 43.1. The predicted molar refractivity (Wildman–Crippen MR) is 164 cm³/mol. The van der Waals surface area contributed by atoms with Crippen molar-refractivity contribution in [1.29, 1.82) is 0 Å². The molecule has 3 aliphatic rings. The fraction of sp³-hybridized carbons (Fsp3) is 0.429. The molecule has 5 rings (SSSR count). The van der Waals surface area contributed by atoms with Gasteiger partial charge in [-0.1, -0.05) is 75.1 Å². The minimum atomic E-state index is -0.332. The van der Waals surface area contributed by atoms with Gasteiger partial charge in [-0.05, 0) is 59.9 Å². The normalized spacial score (nSPS) is 22.3. The Hall–Kier alpha value is -4.00. The van der Waals surface area contributed by atoms with Crippen molar-refractivity contribution < 1.29 is 19.1 Å². The fourth-order valence-electron chi connectivity index (χ4n) is 5.82. The van der Waals surface area contributed by atoms with E-state index in [1.54, 1.807) is 12.3 Å². The Kier molecular flexibility index (Phi) is 10.0. The highest BCUT2D eigenvalue weighted by Gasteiger charge is 2.20. The predicted octanol–water partition coefficient (Wildman–Crippen LogP) is 6.02. The van der Waals surface area contributed by atoms with Crippen LogP contribution >= 0.6 is 0 Å². The van der Waals surface area contributed by atoms with Crippen molar-refractivity contribution in [3.05, 3.63) is 88.1 Å². The van der Waals surface area contributed by atoms with Gasteiger partial charge in [-0.15, -0.1) is 0 Å². The van der Waals surface area contributed by atoms with Crippen LogP contribution in [0.2, 0.25) is 0 Å². The van der Waals surface area contributed by atoms with Gasteiger partial charge in [-0.25, -0.2) is 0 Å². The molecule has 7 heteroatoms. The maximum absolute atomic E-state index is 13.0. The molecule has 42 heavy (non-hydrogen) atoms. The second kappa shape index (κ2) is 14.3. The average Bonchev–Trinajstić information content (AvgIpc) is 3.46. The highest BCUT2D eigenvalue weighted by molar-refractivity contribution is 6.01. The molecule has 1 aliphatic carbocycles. The van der Waals surface area contributed by atoms with Crippen molar-refractivity contribution in [1.82, 2.24) is 10.6 Å². The lowest BCUT2D eigenvalue weighted by atomic mass is 9.80. The number of allylic oxidation sites excluding steroid dienone is 1. The number of hydrogen-bond donors (Lipinski definition) is 2. The molecule has 0 spiro atoms. The van der Waals surface area contributed by atoms with E-state index in [2.05, 4.69) is 28.6 Å². The zero-order chi connectivity index (χ0) is 29.3. The van der Waals surface area contributed by atoms with E-state index in [1.807, 2.05) is 42.5 Å². The number of rotatable bonds is 10. The molecule has 220 valence electrons. The SMILES string of the molecule is CC1CCC(CCC(=O)c2ccc(CNC(=O)C3=C/CCC=N/C(C(=O)NCc4ccc5c(c4)CCO5)=C\3)cc2)CC1. The van der Waals surface area contributed by atoms with Crippen LogP contribution in [0.15, 0.2) is 70.9 Å². The molecule has 0 saturated heterocycles. The molecule has 2 aromatic carbocycles. The molecule has 2 aliphatic heterocycles. The summed E-state index contributed by atoms with van der Waals surface area (Å²) in [7, 11) is 0. The highest BCUT2D eigenvalue weighted by atomic mass is 16.5. The second-order valence-electron chi connectivity index (χ2n) is 11.8. The summed E-state index contributed by atoms with van der Waals surface area (Å²) in [6.07, 6.45) is 13.9. The van der Waals surface area contributed by atoms with Crippen LogP contribution in [0.5, 0.6) is 5.75 Å². The van der Waals surface area contributed by atoms with Crippen molar-refractivity contribution in [2.45, 2.75) is 77.8 Å². The van der Waals surface area contributed by atoms with E-state index >= 15 is 0 Å². The third-order valence-corrected chi connectivity index (χ3v) is 8.53. The van der Waals surface area contributed by atoms with Gasteiger partial charge in [0.05, 0.1) is 6.61 Å². The molecule has 1 fully saturated rings. The van der Waals surface area contributed by atoms with Crippen LogP contribution in [0.3, 0.4) is 0 Å². The van der Waals surface area contributed by atoms with E-state index in [9.17, 15) is 14.4 Å². The summed E-state index contributed by atoms with van der Waals surface area (Å²) in [5, 5.41) is 5.87. The van der Waals surface area contributed by atoms with E-state index in [0.717, 1.165) is 46.8 Å². The number of nitrogens with one attached hydrogen (secondary N) is 2. The van der Waals surface area contributed by atoms with Crippen LogP contribution in [-0.2, 0) is 29.1 Å². The lowest BCUT2D eigenvalue weighted by Crippen LogP contribution is -2.27. The lowest BCUT2D eigenvalue weighted by Gasteiger charge is -2.25. The molecule has 0 radical (unpaired) electrons. The molecule has 2 N–H and O–H groups in total. The van der Waals surface area contributed by atoms with Crippen LogP contribution in [0.25, 0.3) is 0 Å². The van der Waals surface area contributed by atoms with Gasteiger partial charge in [0.2, 0.25) is 0 Å². The second-order valence-corrected chi connectivity index (χ2v) is 11.8. The molecule has 0 aromatic heterocycles. The standard InChI is InChI=1S/C35H41N3O4/c1-24-5-7-25(8-6-24)11-15-32(39)28-13-9-26(10-14-28)22-37-34(40)30-4-2-3-18-36-31(21-30)35(41)38-23-27-12-16-33-29(20-27)17-19-42-33/h4,9-10,12-14,16,18,20-21,24-25H,2-3,5-8,11,15,17,19,22-23H2,1H3,(H,37,40)(H,38,41)/b30-4+,31-21-,36-18?. The van der Waals surface area contributed by atoms with Gasteiger partial charge in [0, 0.05) is 43.3 Å². The van der Waals surface area contributed by atoms with Crippen molar-refractivity contribution in [2.24, 2.45) is 16.8 Å². The van der Waals surface area contributed by atoms with Gasteiger partial charge in [0.15, 0.2) is 5.78 Å². The Morgan fingerprint density at radius 1 is 0.905 bits per heavy atom. The van der Waals surface area contributed by atoms with Crippen molar-refractivity contribution >= 4 is 23.8 Å². The van der Waals surface area contributed by atoms with Crippen molar-refractivity contribution in [3.8, 4) is 5.75 Å². The molecule has 0 atom stereocenters. The Morgan fingerprint density at radius 2 is 1.64 bits per heavy atom. The van der Waals surface area contributed by atoms with Crippen LogP contribution < -0.4 is 15.4 Å². The zero-order valence-corrected chi connectivity index (χ0v) is 24.5. The minimum Gasteiger partial charge on any atom is -0.493 e. The van der Waals surface area contributed by atoms with Crippen LogP contribution in [0.4, 0.5) is 0 Å². The van der Waals surface area contributed by atoms with E-state index in [0.29, 0.717) is 50.4 Å². The molecule has 2 heterocycles. The topological polar surface area (TPSA) is 96.9 Å². The fourth-order valence-corrected chi connectivity index (χ4v) is 5.82. The van der Waals surface area contributed by atoms with Gasteiger partial charge >= 0.3 is 0 Å². The number of benzene rings is 2. The molecule has 1 saturated carbocycles. The first kappa shape index (κ1) is 29.5. The van der Waals surface area contributed by atoms with Crippen molar-refractivity contribution in [3.63, 3.8) is 0 Å². The first-order valence-corrected chi connectivity index (χ1v) is 15.3. The number of fused-ring (bicyclic) bond motifs is 1. The number of carbonyl (C=O) groups is 3. The van der Waals surface area contributed by atoms with Gasteiger partial charge < -0.3 is 15.4 Å². The number of aliphatic imine (C=N–C) groups is 1. The van der Waals surface area contributed by atoms with E-state index < -0.39 is 0 Å². The maximum Gasteiger partial charge on any atom is 0.270 e. The Morgan fingerprint density at radius 3 is 2.45 bits per heavy atom. The first-order chi connectivity index (χ1) is 20.4. The zero-order valence-electron chi connectivity index (χ0n) is 24.5. The summed E-state index contributed by atoms with van der Waals surface area (Å²) in [6, 6.07) is 13.4. The third-order valence-electron chi connectivity index (χ3n) is 8.53. The van der Waals surface area contributed by atoms with E-state index in [-0.39, 0.29) is 23.3 Å². The smallest absolute Gasteiger partial charge is 0.270 e. The quantitative estimate of drug-likeness (QED) is 0.343. The monoisotopic (exact) mass is 567 g/mol. The number of Topliss-reactive ketones (excluding diaryl/α,β-unsaturated/α-hetero) is 1. The third kappa shape index (κ3) is 8.05. The van der Waals surface area contributed by atoms with Gasteiger partial charge in [-0.3, -0.25) is 19.4 Å². The molecule has 7 nitrogen and oxygen atoms in total.